The van der Waals surface area contributed by atoms with Gasteiger partial charge >= 0.3 is 6.09 Å². The van der Waals surface area contributed by atoms with Gasteiger partial charge in [-0.05, 0) is 17.5 Å². The molecule has 5 heteroatoms. The lowest BCUT2D eigenvalue weighted by Gasteiger charge is -2.19. The van der Waals surface area contributed by atoms with E-state index in [0.717, 1.165) is 10.4 Å². The van der Waals surface area contributed by atoms with E-state index in [9.17, 15) is 4.79 Å². The van der Waals surface area contributed by atoms with E-state index in [0.29, 0.717) is 13.1 Å². The Balaban J connectivity index is 2.05. The van der Waals surface area contributed by atoms with Crippen LogP contribution in [0.5, 0.6) is 0 Å². The lowest BCUT2D eigenvalue weighted by molar-refractivity contribution is 0.118. The second-order valence-corrected chi connectivity index (χ2v) is 4.57. The van der Waals surface area contributed by atoms with Crippen LogP contribution in [-0.4, -0.2) is 18.1 Å². The van der Waals surface area contributed by atoms with Crippen LogP contribution >= 0.6 is 11.3 Å². The fraction of sp³-hybridized carbons (Fsp3) is 0.250. The van der Waals surface area contributed by atoms with Gasteiger partial charge in [0, 0.05) is 10.4 Å². The summed E-state index contributed by atoms with van der Waals surface area (Å²) in [7, 11) is 1.39. The summed E-state index contributed by atoms with van der Waals surface area (Å²) >= 11 is 1.62. The molecular weight excluding hydrogens is 238 g/mol. The molecule has 90 valence electrons. The van der Waals surface area contributed by atoms with Crippen molar-refractivity contribution in [3.8, 4) is 0 Å². The highest BCUT2D eigenvalue weighted by molar-refractivity contribution is 7.09. The topological polar surface area (TPSA) is 42.7 Å². The minimum atomic E-state index is -0.334. The molecule has 0 fully saturated rings. The summed E-state index contributed by atoms with van der Waals surface area (Å²) in [6.07, 6.45) is 2.89. The molecule has 0 bridgehead atoms. The Morgan fingerprint density at radius 3 is 2.94 bits per heavy atom. The first-order valence-corrected chi connectivity index (χ1v) is 6.04. The highest BCUT2D eigenvalue weighted by Gasteiger charge is 2.15. The van der Waals surface area contributed by atoms with Crippen LogP contribution in [0.3, 0.4) is 0 Å². The second kappa shape index (κ2) is 5.54. The smallest absolute Gasteiger partial charge is 0.410 e. The third-order valence-corrected chi connectivity index (χ3v) is 3.17. The maximum atomic E-state index is 11.6. The average Bonchev–Trinajstić information content (AvgIpc) is 3.00. The Bertz CT molecular complexity index is 414. The summed E-state index contributed by atoms with van der Waals surface area (Å²) in [5, 5.41) is 1.99. The van der Waals surface area contributed by atoms with Crippen molar-refractivity contribution in [2.75, 3.05) is 7.11 Å². The van der Waals surface area contributed by atoms with Crippen LogP contribution < -0.4 is 0 Å². The van der Waals surface area contributed by atoms with E-state index in [4.69, 9.17) is 9.15 Å². The molecule has 0 radical (unpaired) electrons. The predicted molar refractivity (Wildman–Crippen MR) is 64.7 cm³/mol. The zero-order chi connectivity index (χ0) is 12.1. The highest BCUT2D eigenvalue weighted by atomic mass is 32.1. The molecule has 2 aromatic rings. The minimum absolute atomic E-state index is 0.334. The van der Waals surface area contributed by atoms with Crippen LogP contribution in [0.15, 0.2) is 40.5 Å². The molecule has 17 heavy (non-hydrogen) atoms. The first-order valence-electron chi connectivity index (χ1n) is 5.16. The molecule has 0 aliphatic heterocycles. The molecule has 4 nitrogen and oxygen atoms in total. The maximum absolute atomic E-state index is 11.6. The van der Waals surface area contributed by atoms with Gasteiger partial charge in [-0.25, -0.2) is 4.79 Å². The van der Waals surface area contributed by atoms with Gasteiger partial charge in [0.15, 0.2) is 0 Å². The first kappa shape index (κ1) is 11.7. The number of ether oxygens (including phenoxy) is 1. The van der Waals surface area contributed by atoms with Gasteiger partial charge in [0.05, 0.1) is 32.7 Å². The van der Waals surface area contributed by atoms with Crippen LogP contribution in [-0.2, 0) is 17.8 Å². The Hall–Kier alpha value is -1.75. The van der Waals surface area contributed by atoms with Crippen molar-refractivity contribution < 1.29 is 13.9 Å². The van der Waals surface area contributed by atoms with E-state index in [1.807, 2.05) is 23.6 Å². The summed E-state index contributed by atoms with van der Waals surface area (Å²) in [5.41, 5.74) is 0.951. The zero-order valence-electron chi connectivity index (χ0n) is 9.46. The fourth-order valence-corrected chi connectivity index (χ4v) is 2.23. The van der Waals surface area contributed by atoms with E-state index in [-0.39, 0.29) is 6.09 Å². The number of hydrogen-bond donors (Lipinski definition) is 0. The standard InChI is InChI=1S/C12H13NO3S/c1-15-12(14)13(7-10-4-5-16-9-10)8-11-3-2-6-17-11/h2-6,9H,7-8H2,1H3. The maximum Gasteiger partial charge on any atom is 0.410 e. The Morgan fingerprint density at radius 2 is 2.35 bits per heavy atom. The van der Waals surface area contributed by atoms with Crippen LogP contribution in [0.2, 0.25) is 0 Å². The van der Waals surface area contributed by atoms with Crippen LogP contribution in [0.25, 0.3) is 0 Å². The van der Waals surface area contributed by atoms with E-state index >= 15 is 0 Å². The number of nitrogens with zero attached hydrogens (tertiary/aromatic N) is 1. The molecule has 2 heterocycles. The molecule has 2 rings (SSSR count). The second-order valence-electron chi connectivity index (χ2n) is 3.54. The molecule has 0 aromatic carbocycles. The number of amides is 1. The minimum Gasteiger partial charge on any atom is -0.472 e. The predicted octanol–water partition coefficient (Wildman–Crippen LogP) is 3.11. The van der Waals surface area contributed by atoms with Gasteiger partial charge in [-0.2, -0.15) is 0 Å². The van der Waals surface area contributed by atoms with Gasteiger partial charge in [-0.1, -0.05) is 6.07 Å². The molecule has 1 amide bonds. The molecule has 0 saturated carbocycles. The van der Waals surface area contributed by atoms with Gasteiger partial charge in [-0.15, -0.1) is 11.3 Å². The van der Waals surface area contributed by atoms with Crippen molar-refractivity contribution in [3.05, 3.63) is 46.5 Å². The molecule has 0 aliphatic rings. The van der Waals surface area contributed by atoms with Gasteiger partial charge in [-0.3, -0.25) is 4.90 Å². The third-order valence-electron chi connectivity index (χ3n) is 2.31. The number of methoxy groups -OCH3 is 1. The lowest BCUT2D eigenvalue weighted by atomic mass is 10.3. The molecule has 0 N–H and O–H groups in total. The first-order chi connectivity index (χ1) is 8.29. The highest BCUT2D eigenvalue weighted by Crippen LogP contribution is 2.15. The SMILES string of the molecule is COC(=O)N(Cc1ccoc1)Cc1cccs1. The normalized spacial score (nSPS) is 10.2. The van der Waals surface area contributed by atoms with Gasteiger partial charge in [0.2, 0.25) is 0 Å². The molecule has 2 aromatic heterocycles. The Kier molecular flexibility index (Phi) is 3.82. The number of carbonyl (C=O) groups is 1. The average molecular weight is 251 g/mol. The molecule has 0 atom stereocenters. The van der Waals surface area contributed by atoms with E-state index in [1.165, 1.54) is 7.11 Å². The largest absolute Gasteiger partial charge is 0.472 e. The van der Waals surface area contributed by atoms with Crippen LogP contribution in [0.4, 0.5) is 4.79 Å². The van der Waals surface area contributed by atoms with E-state index < -0.39 is 0 Å². The molecule has 0 saturated heterocycles. The van der Waals surface area contributed by atoms with E-state index in [2.05, 4.69) is 0 Å². The summed E-state index contributed by atoms with van der Waals surface area (Å²) in [5.74, 6) is 0. The zero-order valence-corrected chi connectivity index (χ0v) is 10.3. The van der Waals surface area contributed by atoms with Crippen molar-refractivity contribution in [1.82, 2.24) is 4.90 Å². The van der Waals surface area contributed by atoms with Gasteiger partial charge in [0.25, 0.3) is 0 Å². The fourth-order valence-electron chi connectivity index (χ4n) is 1.51. The number of furan rings is 1. The van der Waals surface area contributed by atoms with Gasteiger partial charge in [0.1, 0.15) is 0 Å². The van der Waals surface area contributed by atoms with Crippen molar-refractivity contribution in [2.24, 2.45) is 0 Å². The van der Waals surface area contributed by atoms with Crippen molar-refractivity contribution in [2.45, 2.75) is 13.1 Å². The molecule has 0 aliphatic carbocycles. The molecule has 0 spiro atoms. The number of carbonyl (C=O) groups excluding carboxylic acids is 1. The Labute approximate surface area is 103 Å². The summed E-state index contributed by atoms with van der Waals surface area (Å²) in [6, 6.07) is 5.80. The van der Waals surface area contributed by atoms with Crippen molar-refractivity contribution in [3.63, 3.8) is 0 Å². The third kappa shape index (κ3) is 3.10. The molecule has 0 unspecified atom stereocenters. The van der Waals surface area contributed by atoms with Crippen molar-refractivity contribution >= 4 is 17.4 Å². The summed E-state index contributed by atoms with van der Waals surface area (Å²) < 4.78 is 9.76. The number of thiophene rings is 1. The van der Waals surface area contributed by atoms with Crippen molar-refractivity contribution in [1.29, 1.82) is 0 Å². The van der Waals surface area contributed by atoms with Gasteiger partial charge < -0.3 is 9.15 Å². The number of rotatable bonds is 4. The monoisotopic (exact) mass is 251 g/mol. The van der Waals surface area contributed by atoms with Crippen LogP contribution in [0, 0.1) is 0 Å². The van der Waals surface area contributed by atoms with E-state index in [1.54, 1.807) is 28.8 Å². The molecular formula is C12H13NO3S. The van der Waals surface area contributed by atoms with Crippen LogP contribution in [0.1, 0.15) is 10.4 Å². The summed E-state index contributed by atoms with van der Waals surface area (Å²) in [4.78, 5) is 14.4. The number of hydrogen-bond acceptors (Lipinski definition) is 4. The quantitative estimate of drug-likeness (QED) is 0.838. The lowest BCUT2D eigenvalue weighted by Crippen LogP contribution is -2.29. The summed E-state index contributed by atoms with van der Waals surface area (Å²) in [6.45, 7) is 1.04. The Morgan fingerprint density at radius 1 is 1.47 bits per heavy atom.